The van der Waals surface area contributed by atoms with Crippen molar-refractivity contribution in [1.29, 1.82) is 0 Å². The normalized spacial score (nSPS) is 24.7. The molecular formula is C22H33NO3. The molecule has 0 radical (unpaired) electrons. The summed E-state index contributed by atoms with van der Waals surface area (Å²) in [6.45, 7) is 0. The lowest BCUT2D eigenvalue weighted by Crippen LogP contribution is -2.39. The van der Waals surface area contributed by atoms with Crippen LogP contribution in [0.15, 0.2) is 18.2 Å². The molecule has 26 heavy (non-hydrogen) atoms. The molecule has 0 aliphatic heterocycles. The third-order valence-corrected chi connectivity index (χ3v) is 6.31. The molecule has 3 rings (SSSR count). The topological polar surface area (TPSA) is 58.6 Å². The Hall–Kier alpha value is -1.71. The Balaban J connectivity index is 1.44. The maximum Gasteiger partial charge on any atom is 0.224 e. The lowest BCUT2D eigenvalue weighted by atomic mass is 9.75. The summed E-state index contributed by atoms with van der Waals surface area (Å²) in [5.74, 6) is 2.39. The van der Waals surface area contributed by atoms with Gasteiger partial charge in [-0.3, -0.25) is 4.79 Å². The number of carbonyl (C=O) groups excluding carboxylic acids is 1. The lowest BCUT2D eigenvalue weighted by Gasteiger charge is -2.34. The highest BCUT2D eigenvalue weighted by atomic mass is 16.5. The smallest absolute Gasteiger partial charge is 0.224 e. The summed E-state index contributed by atoms with van der Waals surface area (Å²) in [6.07, 6.45) is 13.6. The highest BCUT2D eigenvalue weighted by molar-refractivity contribution is 5.79. The number of rotatable bonds is 5. The average molecular weight is 360 g/mol. The highest BCUT2D eigenvalue weighted by Gasteiger charge is 2.28. The fourth-order valence-electron chi connectivity index (χ4n) is 4.81. The maximum atomic E-state index is 12.4. The number of methoxy groups -OCH3 is 1. The van der Waals surface area contributed by atoms with E-state index < -0.39 is 0 Å². The van der Waals surface area contributed by atoms with Gasteiger partial charge in [0.15, 0.2) is 11.5 Å². The molecule has 2 aliphatic rings. The van der Waals surface area contributed by atoms with Gasteiger partial charge in [-0.1, -0.05) is 44.6 Å². The standard InChI is InChI=1S/C22H33NO3/c1-26-21-14-16(8-13-20(21)24)15-22(25)23-19-11-9-18(10-12-19)17-6-4-2-3-5-7-17/h8,13-14,17-19,24H,2-7,9-12,15H2,1H3,(H,23,25). The molecular weight excluding hydrogens is 326 g/mol. The van der Waals surface area contributed by atoms with Crippen LogP contribution in [-0.2, 0) is 11.2 Å². The molecule has 1 amide bonds. The molecule has 2 N–H and O–H groups in total. The Morgan fingerprint density at radius 3 is 2.35 bits per heavy atom. The monoisotopic (exact) mass is 359 g/mol. The van der Waals surface area contributed by atoms with Crippen LogP contribution in [0.1, 0.15) is 69.8 Å². The second kappa shape index (κ2) is 9.29. The average Bonchev–Trinajstić information content (AvgIpc) is 2.93. The number of aromatic hydroxyl groups is 1. The highest BCUT2D eigenvalue weighted by Crippen LogP contribution is 2.37. The minimum absolute atomic E-state index is 0.0654. The predicted molar refractivity (Wildman–Crippen MR) is 103 cm³/mol. The molecule has 0 atom stereocenters. The Labute approximate surface area is 157 Å². The van der Waals surface area contributed by atoms with Crippen LogP contribution >= 0.6 is 0 Å². The third kappa shape index (κ3) is 5.15. The summed E-state index contributed by atoms with van der Waals surface area (Å²) >= 11 is 0. The fraction of sp³-hybridized carbons (Fsp3) is 0.682. The molecule has 4 nitrogen and oxygen atoms in total. The van der Waals surface area contributed by atoms with Crippen LogP contribution in [0.3, 0.4) is 0 Å². The van der Waals surface area contributed by atoms with Crippen LogP contribution in [0.4, 0.5) is 0 Å². The van der Waals surface area contributed by atoms with Gasteiger partial charge in [0, 0.05) is 6.04 Å². The van der Waals surface area contributed by atoms with Gasteiger partial charge in [0.1, 0.15) is 0 Å². The predicted octanol–water partition coefficient (Wildman–Crippen LogP) is 4.59. The van der Waals surface area contributed by atoms with E-state index in [0.717, 1.165) is 30.2 Å². The number of benzene rings is 1. The molecule has 0 aromatic heterocycles. The van der Waals surface area contributed by atoms with Gasteiger partial charge in [-0.2, -0.15) is 0 Å². The Morgan fingerprint density at radius 1 is 1.04 bits per heavy atom. The minimum atomic E-state index is 0.0654. The van der Waals surface area contributed by atoms with Crippen molar-refractivity contribution in [3.63, 3.8) is 0 Å². The van der Waals surface area contributed by atoms with Gasteiger partial charge < -0.3 is 15.2 Å². The number of phenols is 1. The molecule has 144 valence electrons. The van der Waals surface area contributed by atoms with E-state index in [-0.39, 0.29) is 11.7 Å². The van der Waals surface area contributed by atoms with Crippen LogP contribution in [-0.4, -0.2) is 24.2 Å². The fourth-order valence-corrected chi connectivity index (χ4v) is 4.81. The summed E-state index contributed by atoms with van der Waals surface area (Å²) in [5.41, 5.74) is 0.865. The summed E-state index contributed by atoms with van der Waals surface area (Å²) in [7, 11) is 1.52. The molecule has 0 spiro atoms. The van der Waals surface area contributed by atoms with Crippen LogP contribution in [0, 0.1) is 11.8 Å². The van der Waals surface area contributed by atoms with Crippen molar-refractivity contribution in [2.45, 2.75) is 76.7 Å². The first-order chi connectivity index (χ1) is 12.7. The zero-order valence-electron chi connectivity index (χ0n) is 16.0. The number of hydrogen-bond donors (Lipinski definition) is 2. The van der Waals surface area contributed by atoms with Crippen LogP contribution in [0.5, 0.6) is 11.5 Å². The van der Waals surface area contributed by atoms with Gasteiger partial charge in [0.2, 0.25) is 5.91 Å². The van der Waals surface area contributed by atoms with E-state index in [2.05, 4.69) is 5.32 Å². The summed E-state index contributed by atoms with van der Waals surface area (Å²) < 4.78 is 5.11. The number of hydrogen-bond acceptors (Lipinski definition) is 3. The van der Waals surface area contributed by atoms with Crippen LogP contribution in [0.2, 0.25) is 0 Å². The Bertz CT molecular complexity index is 585. The number of ether oxygens (including phenoxy) is 1. The third-order valence-electron chi connectivity index (χ3n) is 6.31. The number of carbonyl (C=O) groups is 1. The van der Waals surface area contributed by atoms with Gasteiger partial charge in [-0.15, -0.1) is 0 Å². The number of amides is 1. The van der Waals surface area contributed by atoms with E-state index in [4.69, 9.17) is 4.74 Å². The lowest BCUT2D eigenvalue weighted by molar-refractivity contribution is -0.121. The molecule has 2 aliphatic carbocycles. The van der Waals surface area contributed by atoms with E-state index in [1.165, 1.54) is 58.5 Å². The maximum absolute atomic E-state index is 12.4. The number of nitrogens with one attached hydrogen (secondary N) is 1. The van der Waals surface area contributed by atoms with E-state index >= 15 is 0 Å². The first-order valence-electron chi connectivity index (χ1n) is 10.3. The van der Waals surface area contributed by atoms with E-state index in [1.54, 1.807) is 18.2 Å². The molecule has 0 saturated heterocycles. The second-order valence-corrected chi connectivity index (χ2v) is 8.11. The first kappa shape index (κ1) is 19.1. The molecule has 0 heterocycles. The molecule has 0 unspecified atom stereocenters. The van der Waals surface area contributed by atoms with Crippen molar-refractivity contribution in [2.24, 2.45) is 11.8 Å². The molecule has 1 aromatic rings. The Kier molecular flexibility index (Phi) is 6.81. The molecule has 2 fully saturated rings. The second-order valence-electron chi connectivity index (χ2n) is 8.11. The van der Waals surface area contributed by atoms with Crippen LogP contribution in [0.25, 0.3) is 0 Å². The van der Waals surface area contributed by atoms with Crippen molar-refractivity contribution in [2.75, 3.05) is 7.11 Å². The van der Waals surface area contributed by atoms with E-state index in [9.17, 15) is 9.90 Å². The summed E-state index contributed by atoms with van der Waals surface area (Å²) in [5, 5.41) is 12.9. The van der Waals surface area contributed by atoms with Crippen molar-refractivity contribution in [1.82, 2.24) is 5.32 Å². The molecule has 2 saturated carbocycles. The van der Waals surface area contributed by atoms with Gasteiger partial charge >= 0.3 is 0 Å². The SMILES string of the molecule is COc1cc(CC(=O)NC2CCC(C3CCCCCC3)CC2)ccc1O. The van der Waals surface area contributed by atoms with Gasteiger partial charge in [-0.25, -0.2) is 0 Å². The van der Waals surface area contributed by atoms with Crippen molar-refractivity contribution >= 4 is 5.91 Å². The van der Waals surface area contributed by atoms with Crippen molar-refractivity contribution in [3.8, 4) is 11.5 Å². The van der Waals surface area contributed by atoms with Gasteiger partial charge in [0.25, 0.3) is 0 Å². The van der Waals surface area contributed by atoms with E-state index in [0.29, 0.717) is 18.2 Å². The quantitative estimate of drug-likeness (QED) is 0.756. The van der Waals surface area contributed by atoms with Gasteiger partial charge in [0.05, 0.1) is 13.5 Å². The van der Waals surface area contributed by atoms with Crippen molar-refractivity contribution < 1.29 is 14.6 Å². The summed E-state index contributed by atoms with van der Waals surface area (Å²) in [4.78, 5) is 12.4. The molecule has 1 aromatic carbocycles. The minimum Gasteiger partial charge on any atom is -0.504 e. The zero-order valence-corrected chi connectivity index (χ0v) is 16.0. The van der Waals surface area contributed by atoms with E-state index in [1.807, 2.05) is 0 Å². The largest absolute Gasteiger partial charge is 0.504 e. The Morgan fingerprint density at radius 2 is 1.69 bits per heavy atom. The number of phenolic OH excluding ortho intramolecular Hbond substituents is 1. The zero-order chi connectivity index (χ0) is 18.4. The van der Waals surface area contributed by atoms with Crippen molar-refractivity contribution in [3.05, 3.63) is 23.8 Å². The summed E-state index contributed by atoms with van der Waals surface area (Å²) in [6, 6.07) is 5.42. The van der Waals surface area contributed by atoms with Crippen LogP contribution < -0.4 is 10.1 Å². The molecule has 0 bridgehead atoms. The molecule has 4 heteroatoms. The van der Waals surface area contributed by atoms with Gasteiger partial charge in [-0.05, 0) is 55.2 Å². The first-order valence-corrected chi connectivity index (χ1v) is 10.3.